The molecule has 2 aliphatic heterocycles. The standard InChI is InChI=1S/C23H19N3O3/c1-28-21-10-18-20(11-22(21)29-2)25-12-17-9-16(13-26(17)23(18)27)14-5-6-19-15(8-14)4-3-7-24-19/h3-8,10-13,17H,9H2,1-2H3/t17-/m0/s1. The van der Waals surface area contributed by atoms with Gasteiger partial charge in [0.1, 0.15) is 0 Å². The second kappa shape index (κ2) is 6.74. The monoisotopic (exact) mass is 385 g/mol. The van der Waals surface area contributed by atoms with Gasteiger partial charge >= 0.3 is 0 Å². The maximum absolute atomic E-state index is 13.3. The van der Waals surface area contributed by atoms with Crippen molar-refractivity contribution in [2.45, 2.75) is 12.5 Å². The molecular weight excluding hydrogens is 366 g/mol. The Bertz CT molecular complexity index is 1200. The van der Waals surface area contributed by atoms with Gasteiger partial charge in [0.25, 0.3) is 5.91 Å². The fourth-order valence-electron chi connectivity index (χ4n) is 3.89. The van der Waals surface area contributed by atoms with Crippen molar-refractivity contribution in [3.63, 3.8) is 0 Å². The number of hydrogen-bond acceptors (Lipinski definition) is 5. The van der Waals surface area contributed by atoms with Gasteiger partial charge in [0, 0.05) is 36.5 Å². The Labute approximate surface area is 168 Å². The molecule has 1 atom stereocenters. The molecule has 0 bridgehead atoms. The van der Waals surface area contributed by atoms with Crippen LogP contribution in [-0.2, 0) is 0 Å². The van der Waals surface area contributed by atoms with E-state index in [9.17, 15) is 4.79 Å². The molecule has 1 amide bonds. The van der Waals surface area contributed by atoms with Gasteiger partial charge in [-0.2, -0.15) is 0 Å². The van der Waals surface area contributed by atoms with Gasteiger partial charge in [-0.05, 0) is 35.4 Å². The maximum atomic E-state index is 13.3. The van der Waals surface area contributed by atoms with Crippen LogP contribution in [0, 0.1) is 0 Å². The highest BCUT2D eigenvalue weighted by molar-refractivity contribution is 6.05. The molecule has 0 fully saturated rings. The van der Waals surface area contributed by atoms with Gasteiger partial charge in [0.15, 0.2) is 11.5 Å². The van der Waals surface area contributed by atoms with Crippen LogP contribution in [0.3, 0.4) is 0 Å². The molecule has 6 nitrogen and oxygen atoms in total. The molecule has 0 saturated carbocycles. The average molecular weight is 385 g/mol. The van der Waals surface area contributed by atoms with E-state index in [4.69, 9.17) is 9.47 Å². The summed E-state index contributed by atoms with van der Waals surface area (Å²) in [5.74, 6) is 0.971. The lowest BCUT2D eigenvalue weighted by atomic mass is 10.0. The summed E-state index contributed by atoms with van der Waals surface area (Å²) in [7, 11) is 3.12. The molecule has 0 saturated heterocycles. The van der Waals surface area contributed by atoms with Crippen LogP contribution in [0.1, 0.15) is 22.3 Å². The highest BCUT2D eigenvalue weighted by atomic mass is 16.5. The number of nitrogens with zero attached hydrogens (tertiary/aromatic N) is 3. The zero-order chi connectivity index (χ0) is 20.0. The fraction of sp³-hybridized carbons (Fsp3) is 0.174. The van der Waals surface area contributed by atoms with Crippen molar-refractivity contribution in [3.05, 3.63) is 66.0 Å². The predicted molar refractivity (Wildman–Crippen MR) is 112 cm³/mol. The van der Waals surface area contributed by atoms with E-state index in [0.717, 1.165) is 22.0 Å². The predicted octanol–water partition coefficient (Wildman–Crippen LogP) is 4.22. The number of aliphatic imine (C=N–C) groups is 1. The maximum Gasteiger partial charge on any atom is 0.260 e. The summed E-state index contributed by atoms with van der Waals surface area (Å²) < 4.78 is 10.7. The summed E-state index contributed by atoms with van der Waals surface area (Å²) in [4.78, 5) is 24.0. The number of pyridine rings is 1. The van der Waals surface area contributed by atoms with Crippen LogP contribution in [0.2, 0.25) is 0 Å². The van der Waals surface area contributed by atoms with E-state index in [1.54, 1.807) is 37.4 Å². The van der Waals surface area contributed by atoms with Crippen molar-refractivity contribution < 1.29 is 14.3 Å². The van der Waals surface area contributed by atoms with Crippen molar-refractivity contribution in [1.29, 1.82) is 0 Å². The molecule has 2 aromatic carbocycles. The van der Waals surface area contributed by atoms with Gasteiger partial charge in [0.2, 0.25) is 0 Å². The molecule has 29 heavy (non-hydrogen) atoms. The smallest absolute Gasteiger partial charge is 0.260 e. The van der Waals surface area contributed by atoms with Crippen LogP contribution in [0.15, 0.2) is 59.9 Å². The Morgan fingerprint density at radius 1 is 1.07 bits per heavy atom. The zero-order valence-electron chi connectivity index (χ0n) is 16.1. The first-order valence-corrected chi connectivity index (χ1v) is 9.36. The van der Waals surface area contributed by atoms with E-state index in [2.05, 4.69) is 22.1 Å². The minimum atomic E-state index is -0.119. The molecule has 3 heterocycles. The molecule has 1 aromatic heterocycles. The molecule has 3 aromatic rings. The number of carbonyl (C=O) groups excluding carboxylic acids is 1. The fourth-order valence-corrected chi connectivity index (χ4v) is 3.89. The SMILES string of the molecule is COc1cc2c(cc1OC)C(=O)N1C=C(c3ccc4ncccc4c3)C[C@H]1C=N2. The van der Waals surface area contributed by atoms with E-state index in [-0.39, 0.29) is 11.9 Å². The number of carbonyl (C=O) groups is 1. The summed E-state index contributed by atoms with van der Waals surface area (Å²) in [5.41, 5.74) is 4.24. The Hall–Kier alpha value is -3.67. The van der Waals surface area contributed by atoms with E-state index in [1.165, 1.54) is 0 Å². The topological polar surface area (TPSA) is 64.0 Å². The number of hydrogen-bond donors (Lipinski definition) is 0. The van der Waals surface area contributed by atoms with Crippen LogP contribution < -0.4 is 9.47 Å². The lowest BCUT2D eigenvalue weighted by molar-refractivity contribution is 0.0817. The molecule has 5 rings (SSSR count). The average Bonchev–Trinajstić information content (AvgIpc) is 3.15. The van der Waals surface area contributed by atoms with E-state index in [1.807, 2.05) is 30.6 Å². The second-order valence-electron chi connectivity index (χ2n) is 7.05. The first kappa shape index (κ1) is 17.4. The Morgan fingerprint density at radius 2 is 1.90 bits per heavy atom. The van der Waals surface area contributed by atoms with Crippen molar-refractivity contribution >= 4 is 34.3 Å². The van der Waals surface area contributed by atoms with E-state index < -0.39 is 0 Å². The van der Waals surface area contributed by atoms with Crippen LogP contribution in [0.5, 0.6) is 11.5 Å². The summed E-state index contributed by atoms with van der Waals surface area (Å²) in [6, 6.07) is 13.5. The molecule has 0 N–H and O–H groups in total. The first-order chi connectivity index (χ1) is 14.2. The molecule has 6 heteroatoms. The van der Waals surface area contributed by atoms with Gasteiger partial charge in [-0.15, -0.1) is 0 Å². The lowest BCUT2D eigenvalue weighted by Crippen LogP contribution is -2.32. The van der Waals surface area contributed by atoms with E-state index in [0.29, 0.717) is 29.2 Å². The Morgan fingerprint density at radius 3 is 2.72 bits per heavy atom. The highest BCUT2D eigenvalue weighted by Crippen LogP contribution is 2.39. The van der Waals surface area contributed by atoms with E-state index >= 15 is 0 Å². The quantitative estimate of drug-likeness (QED) is 0.677. The number of benzene rings is 2. The molecule has 0 radical (unpaired) electrons. The number of ether oxygens (including phenoxy) is 2. The third-order valence-corrected chi connectivity index (χ3v) is 5.41. The first-order valence-electron chi connectivity index (χ1n) is 9.36. The zero-order valence-corrected chi connectivity index (χ0v) is 16.1. The molecule has 2 aliphatic rings. The van der Waals surface area contributed by atoms with Crippen LogP contribution in [0.4, 0.5) is 5.69 Å². The third kappa shape index (κ3) is 2.84. The van der Waals surface area contributed by atoms with Crippen molar-refractivity contribution in [1.82, 2.24) is 9.88 Å². The summed E-state index contributed by atoms with van der Waals surface area (Å²) >= 11 is 0. The van der Waals surface area contributed by atoms with Gasteiger partial charge in [-0.1, -0.05) is 12.1 Å². The molecule has 0 spiro atoms. The van der Waals surface area contributed by atoms with Crippen LogP contribution in [0.25, 0.3) is 16.5 Å². The summed E-state index contributed by atoms with van der Waals surface area (Å²) in [6.45, 7) is 0. The lowest BCUT2D eigenvalue weighted by Gasteiger charge is -2.18. The molecule has 0 unspecified atom stereocenters. The largest absolute Gasteiger partial charge is 0.493 e. The van der Waals surface area contributed by atoms with Crippen molar-refractivity contribution in [2.75, 3.05) is 14.2 Å². The van der Waals surface area contributed by atoms with Crippen molar-refractivity contribution in [3.8, 4) is 11.5 Å². The van der Waals surface area contributed by atoms with Gasteiger partial charge in [-0.3, -0.25) is 14.8 Å². The Kier molecular flexibility index (Phi) is 4.05. The Balaban J connectivity index is 1.54. The number of methoxy groups -OCH3 is 2. The number of rotatable bonds is 3. The minimum Gasteiger partial charge on any atom is -0.493 e. The number of aromatic nitrogens is 1. The van der Waals surface area contributed by atoms with Gasteiger partial charge < -0.3 is 14.4 Å². The third-order valence-electron chi connectivity index (χ3n) is 5.41. The highest BCUT2D eigenvalue weighted by Gasteiger charge is 2.33. The number of amides is 1. The number of fused-ring (bicyclic) bond motifs is 3. The summed E-state index contributed by atoms with van der Waals surface area (Å²) in [6.07, 6.45) is 6.27. The minimum absolute atomic E-state index is 0.0964. The molecular formula is C23H19N3O3. The van der Waals surface area contributed by atoms with Crippen molar-refractivity contribution in [2.24, 2.45) is 4.99 Å². The second-order valence-corrected chi connectivity index (χ2v) is 7.05. The van der Waals surface area contributed by atoms with Crippen LogP contribution >= 0.6 is 0 Å². The van der Waals surface area contributed by atoms with Crippen LogP contribution in [-0.4, -0.2) is 42.3 Å². The van der Waals surface area contributed by atoms with Gasteiger partial charge in [-0.25, -0.2) is 0 Å². The molecule has 144 valence electrons. The van der Waals surface area contributed by atoms with Gasteiger partial charge in [0.05, 0.1) is 37.0 Å². The summed E-state index contributed by atoms with van der Waals surface area (Å²) in [5, 5.41) is 1.08. The molecule has 0 aliphatic carbocycles. The normalized spacial score (nSPS) is 17.6.